The second kappa shape index (κ2) is 4.97. The van der Waals surface area contributed by atoms with Crippen molar-refractivity contribution in [1.82, 2.24) is 0 Å². The third-order valence-electron chi connectivity index (χ3n) is 2.50. The van der Waals surface area contributed by atoms with Crippen LogP contribution in [0.15, 0.2) is 28.7 Å². The summed E-state index contributed by atoms with van der Waals surface area (Å²) in [7, 11) is 0. The first-order valence-electron chi connectivity index (χ1n) is 5.27. The zero-order valence-corrected chi connectivity index (χ0v) is 10.6. The van der Waals surface area contributed by atoms with Gasteiger partial charge in [-0.1, -0.05) is 15.9 Å². The molecule has 1 aliphatic rings. The maximum absolute atomic E-state index is 11.3. The molecule has 1 aliphatic carbocycles. The second-order valence-electron chi connectivity index (χ2n) is 3.66. The van der Waals surface area contributed by atoms with E-state index in [0.717, 1.165) is 10.2 Å². The van der Waals surface area contributed by atoms with Crippen molar-refractivity contribution in [3.05, 3.63) is 28.7 Å². The highest BCUT2D eigenvalue weighted by Gasteiger charge is 2.42. The van der Waals surface area contributed by atoms with Crippen molar-refractivity contribution in [2.45, 2.75) is 25.6 Å². The van der Waals surface area contributed by atoms with Crippen LogP contribution >= 0.6 is 15.9 Å². The molecule has 2 rings (SSSR count). The Balaban J connectivity index is 1.95. The van der Waals surface area contributed by atoms with Crippen LogP contribution in [0.2, 0.25) is 0 Å². The smallest absolute Gasteiger partial charge is 0.169 e. The quantitative estimate of drug-likeness (QED) is 0.853. The number of ether oxygens (including phenoxy) is 2. The summed E-state index contributed by atoms with van der Waals surface area (Å²) in [4.78, 5) is 11.3. The highest BCUT2D eigenvalue weighted by Crippen LogP contribution is 2.26. The Hall–Kier alpha value is -0.870. The summed E-state index contributed by atoms with van der Waals surface area (Å²) in [6.45, 7) is 2.42. The predicted octanol–water partition coefficient (Wildman–Crippen LogP) is 2.57. The molecule has 1 aromatic carbocycles. The number of hydrogen-bond acceptors (Lipinski definition) is 3. The average Bonchev–Trinajstić information content (AvgIpc) is 2.28. The molecule has 0 spiro atoms. The second-order valence-corrected chi connectivity index (χ2v) is 4.57. The van der Waals surface area contributed by atoms with E-state index in [-0.39, 0.29) is 18.0 Å². The molecule has 3 nitrogen and oxygen atoms in total. The maximum atomic E-state index is 11.3. The van der Waals surface area contributed by atoms with E-state index in [1.807, 2.05) is 31.2 Å². The van der Waals surface area contributed by atoms with Crippen LogP contribution in [0.5, 0.6) is 5.75 Å². The molecule has 1 fully saturated rings. The van der Waals surface area contributed by atoms with E-state index in [9.17, 15) is 4.79 Å². The molecular formula is C12H13BrO3. The molecule has 0 bridgehead atoms. The average molecular weight is 285 g/mol. The van der Waals surface area contributed by atoms with Gasteiger partial charge in [0.25, 0.3) is 0 Å². The fourth-order valence-corrected chi connectivity index (χ4v) is 1.90. The molecule has 86 valence electrons. The van der Waals surface area contributed by atoms with Crippen LogP contribution in [0.25, 0.3) is 0 Å². The molecule has 1 aromatic rings. The van der Waals surface area contributed by atoms with Gasteiger partial charge in [-0.05, 0) is 31.2 Å². The number of halogens is 1. The molecule has 0 aliphatic heterocycles. The molecule has 16 heavy (non-hydrogen) atoms. The van der Waals surface area contributed by atoms with Crippen molar-refractivity contribution in [3.63, 3.8) is 0 Å². The largest absolute Gasteiger partial charge is 0.487 e. The van der Waals surface area contributed by atoms with E-state index in [0.29, 0.717) is 13.0 Å². The highest BCUT2D eigenvalue weighted by atomic mass is 79.9. The third-order valence-corrected chi connectivity index (χ3v) is 3.03. The van der Waals surface area contributed by atoms with Crippen molar-refractivity contribution in [2.75, 3.05) is 6.61 Å². The lowest BCUT2D eigenvalue weighted by atomic mass is 9.90. The molecule has 0 N–H and O–H groups in total. The number of rotatable bonds is 4. The van der Waals surface area contributed by atoms with Gasteiger partial charge >= 0.3 is 0 Å². The molecule has 0 aromatic heterocycles. The number of hydrogen-bond donors (Lipinski definition) is 0. The minimum atomic E-state index is -0.381. The summed E-state index contributed by atoms with van der Waals surface area (Å²) < 4.78 is 12.0. The van der Waals surface area contributed by atoms with E-state index in [1.165, 1.54) is 0 Å². The molecule has 0 saturated heterocycles. The van der Waals surface area contributed by atoms with Crippen molar-refractivity contribution in [2.24, 2.45) is 0 Å². The minimum Gasteiger partial charge on any atom is -0.487 e. The first-order valence-corrected chi connectivity index (χ1v) is 6.06. The van der Waals surface area contributed by atoms with Crippen molar-refractivity contribution in [3.8, 4) is 5.75 Å². The summed E-state index contributed by atoms with van der Waals surface area (Å²) in [6.07, 6.45) is -0.0666. The Morgan fingerprint density at radius 3 is 2.62 bits per heavy atom. The van der Waals surface area contributed by atoms with E-state index in [4.69, 9.17) is 9.47 Å². The number of benzene rings is 1. The van der Waals surface area contributed by atoms with Crippen molar-refractivity contribution in [1.29, 1.82) is 0 Å². The molecule has 0 radical (unpaired) electrons. The lowest BCUT2D eigenvalue weighted by molar-refractivity contribution is -0.154. The molecule has 2 unspecified atom stereocenters. The van der Waals surface area contributed by atoms with E-state index in [1.54, 1.807) is 0 Å². The van der Waals surface area contributed by atoms with Gasteiger partial charge in [0, 0.05) is 17.5 Å². The van der Waals surface area contributed by atoms with Gasteiger partial charge in [0.1, 0.15) is 11.9 Å². The lowest BCUT2D eigenvalue weighted by Gasteiger charge is -2.34. The Labute approximate surface area is 103 Å². The normalized spacial score (nSPS) is 24.0. The van der Waals surface area contributed by atoms with Gasteiger partial charge in [-0.25, -0.2) is 0 Å². The summed E-state index contributed by atoms with van der Waals surface area (Å²) in [5, 5.41) is 0. The molecule has 2 atom stereocenters. The van der Waals surface area contributed by atoms with Crippen LogP contribution in [0.4, 0.5) is 0 Å². The fraction of sp³-hybridized carbons (Fsp3) is 0.417. The monoisotopic (exact) mass is 284 g/mol. The van der Waals surface area contributed by atoms with Crippen molar-refractivity contribution >= 4 is 21.7 Å². The van der Waals surface area contributed by atoms with E-state index >= 15 is 0 Å². The zero-order valence-electron chi connectivity index (χ0n) is 8.98. The number of ketones is 1. The van der Waals surface area contributed by atoms with Crippen LogP contribution in [0.1, 0.15) is 13.3 Å². The van der Waals surface area contributed by atoms with E-state index < -0.39 is 0 Å². The Kier molecular flexibility index (Phi) is 3.61. The van der Waals surface area contributed by atoms with Gasteiger partial charge in [-0.3, -0.25) is 4.79 Å². The molecular weight excluding hydrogens is 272 g/mol. The Morgan fingerprint density at radius 2 is 2.06 bits per heavy atom. The fourth-order valence-electron chi connectivity index (χ4n) is 1.64. The predicted molar refractivity (Wildman–Crippen MR) is 63.6 cm³/mol. The standard InChI is InChI=1S/C12H13BrO3/c1-2-15-12-10(14)7-11(12)16-9-5-3-8(13)4-6-9/h3-6,11-12H,2,7H2,1H3. The molecule has 4 heteroatoms. The molecule has 0 amide bonds. The number of Topliss-reactive ketones (excluding diaryl/α,β-unsaturated/α-hetero) is 1. The number of carbonyl (C=O) groups is 1. The van der Waals surface area contributed by atoms with Crippen LogP contribution in [0.3, 0.4) is 0 Å². The van der Waals surface area contributed by atoms with E-state index in [2.05, 4.69) is 15.9 Å². The SMILES string of the molecule is CCOC1C(=O)CC1Oc1ccc(Br)cc1. The topological polar surface area (TPSA) is 35.5 Å². The van der Waals surface area contributed by atoms with Gasteiger partial charge in [-0.2, -0.15) is 0 Å². The summed E-state index contributed by atoms with van der Waals surface area (Å²) in [5.41, 5.74) is 0. The van der Waals surface area contributed by atoms with Gasteiger partial charge in [0.2, 0.25) is 0 Å². The van der Waals surface area contributed by atoms with Gasteiger partial charge < -0.3 is 9.47 Å². The lowest BCUT2D eigenvalue weighted by Crippen LogP contribution is -2.52. The van der Waals surface area contributed by atoms with Crippen LogP contribution in [-0.2, 0) is 9.53 Å². The zero-order chi connectivity index (χ0) is 11.5. The van der Waals surface area contributed by atoms with Gasteiger partial charge in [0.05, 0.1) is 0 Å². The van der Waals surface area contributed by atoms with Gasteiger partial charge in [0.15, 0.2) is 11.9 Å². The summed E-state index contributed by atoms with van der Waals surface area (Å²) in [5.74, 6) is 0.898. The summed E-state index contributed by atoms with van der Waals surface area (Å²) in [6, 6.07) is 7.56. The van der Waals surface area contributed by atoms with Gasteiger partial charge in [-0.15, -0.1) is 0 Å². The Morgan fingerprint density at radius 1 is 1.38 bits per heavy atom. The Bertz CT molecular complexity index is 374. The first kappa shape index (κ1) is 11.6. The minimum absolute atomic E-state index is 0.129. The van der Waals surface area contributed by atoms with Crippen LogP contribution in [0, 0.1) is 0 Å². The third kappa shape index (κ3) is 2.44. The van der Waals surface area contributed by atoms with Crippen molar-refractivity contribution < 1.29 is 14.3 Å². The number of carbonyl (C=O) groups excluding carboxylic acids is 1. The molecule has 0 heterocycles. The van der Waals surface area contributed by atoms with Crippen LogP contribution in [-0.4, -0.2) is 24.6 Å². The maximum Gasteiger partial charge on any atom is 0.169 e. The highest BCUT2D eigenvalue weighted by molar-refractivity contribution is 9.10. The summed E-state index contributed by atoms with van der Waals surface area (Å²) >= 11 is 3.35. The molecule has 1 saturated carbocycles. The first-order chi connectivity index (χ1) is 7.70. The van der Waals surface area contributed by atoms with Crippen LogP contribution < -0.4 is 4.74 Å².